The summed E-state index contributed by atoms with van der Waals surface area (Å²) < 4.78 is 5.15. The zero-order valence-corrected chi connectivity index (χ0v) is 11.1. The molecule has 0 bridgehead atoms. The first-order valence-electron chi connectivity index (χ1n) is 6.05. The number of amidine groups is 1. The highest BCUT2D eigenvalue weighted by atomic mass is 16.5. The van der Waals surface area contributed by atoms with Gasteiger partial charge in [0.2, 0.25) is 11.8 Å². The summed E-state index contributed by atoms with van der Waals surface area (Å²) >= 11 is 0. The molecule has 8 heteroatoms. The molecule has 0 aromatic heterocycles. The first-order valence-corrected chi connectivity index (χ1v) is 6.05. The Morgan fingerprint density at radius 1 is 1.42 bits per heavy atom. The number of nitrogens with zero attached hydrogens (tertiary/aromatic N) is 2. The summed E-state index contributed by atoms with van der Waals surface area (Å²) in [6, 6.07) is -0.811. The number of hydrogen-bond acceptors (Lipinski definition) is 5. The minimum absolute atomic E-state index is 0.0715. The average molecular weight is 272 g/mol. The van der Waals surface area contributed by atoms with Gasteiger partial charge in [-0.15, -0.1) is 0 Å². The minimum atomic E-state index is -0.811. The van der Waals surface area contributed by atoms with Crippen LogP contribution < -0.4 is 11.5 Å². The van der Waals surface area contributed by atoms with Crippen molar-refractivity contribution in [3.05, 3.63) is 0 Å². The lowest BCUT2D eigenvalue weighted by Crippen LogP contribution is -2.58. The Balaban J connectivity index is 2.97. The van der Waals surface area contributed by atoms with Gasteiger partial charge in [-0.1, -0.05) is 19.0 Å². The lowest BCUT2D eigenvalue weighted by Gasteiger charge is -2.36. The maximum Gasteiger partial charge on any atom is 0.242 e. The van der Waals surface area contributed by atoms with E-state index in [1.807, 2.05) is 0 Å². The monoisotopic (exact) mass is 272 g/mol. The highest BCUT2D eigenvalue weighted by molar-refractivity contribution is 6.03. The molecule has 1 aliphatic heterocycles. The van der Waals surface area contributed by atoms with Crippen molar-refractivity contribution >= 4 is 17.6 Å². The molecular formula is C11H20N4O4. The Labute approximate surface area is 111 Å². The maximum atomic E-state index is 12.4. The van der Waals surface area contributed by atoms with E-state index in [0.717, 1.165) is 0 Å². The van der Waals surface area contributed by atoms with Crippen molar-refractivity contribution in [3.63, 3.8) is 0 Å². The highest BCUT2D eigenvalue weighted by Crippen LogP contribution is 2.18. The molecule has 8 nitrogen and oxygen atoms in total. The largest absolute Gasteiger partial charge is 0.409 e. The van der Waals surface area contributed by atoms with Crippen molar-refractivity contribution in [2.75, 3.05) is 19.8 Å². The smallest absolute Gasteiger partial charge is 0.242 e. The third-order valence-corrected chi connectivity index (χ3v) is 3.11. The van der Waals surface area contributed by atoms with Gasteiger partial charge in [-0.05, 0) is 5.92 Å². The van der Waals surface area contributed by atoms with Crippen LogP contribution in [0.2, 0.25) is 0 Å². The number of nitrogens with two attached hydrogens (primary N) is 2. The van der Waals surface area contributed by atoms with E-state index in [1.165, 1.54) is 4.90 Å². The molecule has 0 saturated carbocycles. The van der Waals surface area contributed by atoms with Crippen molar-refractivity contribution in [1.82, 2.24) is 4.90 Å². The van der Waals surface area contributed by atoms with E-state index in [-0.39, 0.29) is 30.8 Å². The Morgan fingerprint density at radius 3 is 2.53 bits per heavy atom. The number of primary amides is 1. The van der Waals surface area contributed by atoms with E-state index >= 15 is 0 Å². The number of amides is 2. The zero-order valence-electron chi connectivity index (χ0n) is 11.1. The lowest BCUT2D eigenvalue weighted by atomic mass is 9.92. The molecule has 0 radical (unpaired) electrons. The predicted molar refractivity (Wildman–Crippen MR) is 67.3 cm³/mol. The number of oxime groups is 1. The number of ether oxygens (including phenoxy) is 1. The van der Waals surface area contributed by atoms with Crippen LogP contribution in [-0.2, 0) is 14.3 Å². The van der Waals surface area contributed by atoms with Crippen LogP contribution in [0.1, 0.15) is 13.8 Å². The maximum absolute atomic E-state index is 12.4. The summed E-state index contributed by atoms with van der Waals surface area (Å²) in [7, 11) is 0. The summed E-state index contributed by atoms with van der Waals surface area (Å²) in [6.07, 6.45) is 0. The van der Waals surface area contributed by atoms with E-state index in [9.17, 15) is 9.59 Å². The zero-order chi connectivity index (χ0) is 14.6. The molecule has 1 heterocycles. The second-order valence-corrected chi connectivity index (χ2v) is 4.77. The molecule has 2 unspecified atom stereocenters. The fourth-order valence-electron chi connectivity index (χ4n) is 2.10. The summed E-state index contributed by atoms with van der Waals surface area (Å²) in [4.78, 5) is 25.1. The van der Waals surface area contributed by atoms with Gasteiger partial charge in [-0.25, -0.2) is 0 Å². The van der Waals surface area contributed by atoms with Gasteiger partial charge in [0.25, 0.3) is 0 Å². The number of carbonyl (C=O) groups excluding carboxylic acids is 2. The summed E-state index contributed by atoms with van der Waals surface area (Å²) in [5, 5.41) is 11.6. The molecule has 1 aliphatic rings. The molecular weight excluding hydrogens is 252 g/mol. The lowest BCUT2D eigenvalue weighted by molar-refractivity contribution is -0.149. The predicted octanol–water partition coefficient (Wildman–Crippen LogP) is -1.28. The van der Waals surface area contributed by atoms with Gasteiger partial charge >= 0.3 is 0 Å². The second-order valence-electron chi connectivity index (χ2n) is 4.77. The molecule has 19 heavy (non-hydrogen) atoms. The van der Waals surface area contributed by atoms with Crippen LogP contribution in [-0.4, -0.2) is 53.6 Å². The highest BCUT2D eigenvalue weighted by Gasteiger charge is 2.37. The van der Waals surface area contributed by atoms with Crippen molar-refractivity contribution in [1.29, 1.82) is 0 Å². The van der Waals surface area contributed by atoms with E-state index in [2.05, 4.69) is 5.16 Å². The Bertz CT molecular complexity index is 383. The van der Waals surface area contributed by atoms with Crippen LogP contribution in [0.15, 0.2) is 5.16 Å². The standard InChI is InChI=1S/C11H20N4O4/c1-6(2)8(9(12)14-18)11(17)15-3-4-19-5-7(15)10(13)16/h6-8,18H,3-5H2,1-2H3,(H2,12,14)(H2,13,16). The van der Waals surface area contributed by atoms with Gasteiger partial charge in [-0.2, -0.15) is 0 Å². The number of rotatable bonds is 4. The molecule has 2 atom stereocenters. The summed E-state index contributed by atoms with van der Waals surface area (Å²) in [5.74, 6) is -2.13. The van der Waals surface area contributed by atoms with E-state index in [4.69, 9.17) is 21.4 Å². The molecule has 2 amide bonds. The van der Waals surface area contributed by atoms with Crippen molar-refractivity contribution in [2.45, 2.75) is 19.9 Å². The van der Waals surface area contributed by atoms with Crippen molar-refractivity contribution in [2.24, 2.45) is 28.5 Å². The Kier molecular flexibility index (Phi) is 5.11. The molecule has 1 rings (SSSR count). The van der Waals surface area contributed by atoms with Crippen LogP contribution in [0.4, 0.5) is 0 Å². The normalized spacial score (nSPS) is 22.4. The molecule has 1 fully saturated rings. The second kappa shape index (κ2) is 6.37. The van der Waals surface area contributed by atoms with E-state index in [1.54, 1.807) is 13.8 Å². The van der Waals surface area contributed by atoms with Gasteiger partial charge in [0.1, 0.15) is 12.0 Å². The summed E-state index contributed by atoms with van der Waals surface area (Å²) in [5.41, 5.74) is 10.8. The average Bonchev–Trinajstić information content (AvgIpc) is 2.38. The quantitative estimate of drug-likeness (QED) is 0.254. The minimum Gasteiger partial charge on any atom is -0.409 e. The van der Waals surface area contributed by atoms with Crippen LogP contribution in [0, 0.1) is 11.8 Å². The number of carbonyl (C=O) groups is 2. The van der Waals surface area contributed by atoms with Gasteiger partial charge in [-0.3, -0.25) is 9.59 Å². The van der Waals surface area contributed by atoms with Crippen LogP contribution >= 0.6 is 0 Å². The molecule has 5 N–H and O–H groups in total. The fourth-order valence-corrected chi connectivity index (χ4v) is 2.10. The topological polar surface area (TPSA) is 131 Å². The van der Waals surface area contributed by atoms with Crippen molar-refractivity contribution < 1.29 is 19.5 Å². The van der Waals surface area contributed by atoms with Gasteiger partial charge in [0.15, 0.2) is 5.84 Å². The molecule has 1 saturated heterocycles. The van der Waals surface area contributed by atoms with Crippen molar-refractivity contribution in [3.8, 4) is 0 Å². The van der Waals surface area contributed by atoms with Crippen LogP contribution in [0.5, 0.6) is 0 Å². The number of morpholine rings is 1. The van der Waals surface area contributed by atoms with Crippen LogP contribution in [0.3, 0.4) is 0 Å². The van der Waals surface area contributed by atoms with E-state index < -0.39 is 17.9 Å². The van der Waals surface area contributed by atoms with Crippen LogP contribution in [0.25, 0.3) is 0 Å². The third kappa shape index (κ3) is 3.34. The van der Waals surface area contributed by atoms with Gasteiger partial charge < -0.3 is 26.3 Å². The molecule has 0 aliphatic carbocycles. The summed E-state index contributed by atoms with van der Waals surface area (Å²) in [6.45, 7) is 4.22. The Morgan fingerprint density at radius 2 is 2.05 bits per heavy atom. The Hall–Kier alpha value is -1.83. The first kappa shape index (κ1) is 15.2. The van der Waals surface area contributed by atoms with E-state index in [0.29, 0.717) is 6.61 Å². The molecule has 0 aromatic carbocycles. The van der Waals surface area contributed by atoms with Gasteiger partial charge in [0, 0.05) is 6.54 Å². The SMILES string of the molecule is CC(C)C(C(=O)N1CCOCC1C(N)=O)C(N)=NO. The van der Waals surface area contributed by atoms with Gasteiger partial charge in [0.05, 0.1) is 13.2 Å². The molecule has 0 aromatic rings. The third-order valence-electron chi connectivity index (χ3n) is 3.11. The molecule has 0 spiro atoms. The molecule has 108 valence electrons. The number of hydrogen-bond donors (Lipinski definition) is 3. The fraction of sp³-hybridized carbons (Fsp3) is 0.727. The first-order chi connectivity index (χ1) is 8.90.